The van der Waals surface area contributed by atoms with Crippen LogP contribution >= 0.6 is 0 Å². The van der Waals surface area contributed by atoms with Gasteiger partial charge in [0.15, 0.2) is 0 Å². The molecule has 2 N–H and O–H groups in total. The minimum Gasteiger partial charge on any atom is -0.352 e. The molecule has 134 valence electrons. The minimum absolute atomic E-state index is 0.0468. The number of nitrogens with zero attached hydrogens (tertiary/aromatic N) is 2. The van der Waals surface area contributed by atoms with Gasteiger partial charge in [0.2, 0.25) is 5.91 Å². The third-order valence-electron chi connectivity index (χ3n) is 3.39. The van der Waals surface area contributed by atoms with Crippen molar-refractivity contribution in [3.63, 3.8) is 0 Å². The van der Waals surface area contributed by atoms with Crippen molar-refractivity contribution in [1.29, 1.82) is 0 Å². The number of nitro groups is 1. The number of carbonyl (C=O) groups excluding carboxylic acids is 2. The molecule has 0 aliphatic heterocycles. The summed E-state index contributed by atoms with van der Waals surface area (Å²) in [5.41, 5.74) is 3.38. The number of rotatable bonds is 8. The van der Waals surface area contributed by atoms with Crippen molar-refractivity contribution >= 4 is 23.7 Å². The summed E-state index contributed by atoms with van der Waals surface area (Å²) in [7, 11) is 0. The van der Waals surface area contributed by atoms with Gasteiger partial charge in [-0.1, -0.05) is 30.3 Å². The molecular formula is C18H18N4O4. The average molecular weight is 354 g/mol. The summed E-state index contributed by atoms with van der Waals surface area (Å²) in [5, 5.41) is 17.2. The predicted molar refractivity (Wildman–Crippen MR) is 96.8 cm³/mol. The second-order valence-corrected chi connectivity index (χ2v) is 5.37. The summed E-state index contributed by atoms with van der Waals surface area (Å²) in [6.07, 6.45) is 2.00. The number of carbonyl (C=O) groups is 2. The van der Waals surface area contributed by atoms with Crippen LogP contribution in [0.5, 0.6) is 0 Å². The number of nitro benzene ring substituents is 1. The molecule has 0 unspecified atom stereocenters. The third-order valence-corrected chi connectivity index (χ3v) is 3.39. The van der Waals surface area contributed by atoms with Crippen LogP contribution in [0.25, 0.3) is 0 Å². The highest BCUT2D eigenvalue weighted by molar-refractivity contribution is 5.94. The average Bonchev–Trinajstić information content (AvgIpc) is 2.66. The summed E-state index contributed by atoms with van der Waals surface area (Å²) in [6.45, 7) is 0.371. The lowest BCUT2D eigenvalue weighted by Gasteiger charge is -2.04. The standard InChI is InChI=1S/C18H18N4O4/c23-17(10-5-11-19-18(24)15-7-2-1-3-8-15)21-20-13-14-6-4-9-16(12-14)22(25)26/h1-4,6-9,12-13H,5,10-11H2,(H,19,24)(H,21,23)/b20-13+. The van der Waals surface area contributed by atoms with Crippen molar-refractivity contribution in [2.24, 2.45) is 5.10 Å². The van der Waals surface area contributed by atoms with Gasteiger partial charge in [-0.3, -0.25) is 19.7 Å². The lowest BCUT2D eigenvalue weighted by atomic mass is 10.2. The van der Waals surface area contributed by atoms with Crippen LogP contribution < -0.4 is 10.7 Å². The molecule has 8 heteroatoms. The monoisotopic (exact) mass is 354 g/mol. The number of hydrogen-bond donors (Lipinski definition) is 2. The second-order valence-electron chi connectivity index (χ2n) is 5.37. The van der Waals surface area contributed by atoms with E-state index in [-0.39, 0.29) is 23.9 Å². The van der Waals surface area contributed by atoms with Gasteiger partial charge in [0.25, 0.3) is 11.6 Å². The molecule has 0 aliphatic carbocycles. The third kappa shape index (κ3) is 6.16. The van der Waals surface area contributed by atoms with E-state index in [0.717, 1.165) is 0 Å². The van der Waals surface area contributed by atoms with Gasteiger partial charge in [0, 0.05) is 36.2 Å². The number of amides is 2. The molecule has 2 rings (SSSR count). The van der Waals surface area contributed by atoms with Crippen molar-refractivity contribution in [3.8, 4) is 0 Å². The van der Waals surface area contributed by atoms with Crippen LogP contribution in [-0.4, -0.2) is 29.5 Å². The number of hydrogen-bond acceptors (Lipinski definition) is 5. The smallest absolute Gasteiger partial charge is 0.270 e. The van der Waals surface area contributed by atoms with Crippen molar-refractivity contribution in [2.75, 3.05) is 6.54 Å². The Balaban J connectivity index is 1.68. The minimum atomic E-state index is -0.500. The van der Waals surface area contributed by atoms with Crippen LogP contribution in [0.2, 0.25) is 0 Å². The predicted octanol–water partition coefficient (Wildman–Crippen LogP) is 2.26. The number of hydrazone groups is 1. The summed E-state index contributed by atoms with van der Waals surface area (Å²) in [6, 6.07) is 14.7. The zero-order valence-electron chi connectivity index (χ0n) is 13.9. The van der Waals surface area contributed by atoms with Gasteiger partial charge < -0.3 is 5.32 Å². The fourth-order valence-corrected chi connectivity index (χ4v) is 2.10. The van der Waals surface area contributed by atoms with Gasteiger partial charge in [-0.2, -0.15) is 5.10 Å². The number of nitrogens with one attached hydrogen (secondary N) is 2. The lowest BCUT2D eigenvalue weighted by Crippen LogP contribution is -2.26. The Morgan fingerprint density at radius 2 is 1.88 bits per heavy atom. The molecule has 8 nitrogen and oxygen atoms in total. The molecule has 0 heterocycles. The van der Waals surface area contributed by atoms with Gasteiger partial charge >= 0.3 is 0 Å². The first-order valence-corrected chi connectivity index (χ1v) is 7.96. The molecule has 0 radical (unpaired) electrons. The summed E-state index contributed by atoms with van der Waals surface area (Å²) in [4.78, 5) is 33.7. The van der Waals surface area contributed by atoms with Gasteiger partial charge in [-0.05, 0) is 18.6 Å². The molecule has 0 spiro atoms. The zero-order valence-corrected chi connectivity index (χ0v) is 13.9. The fraction of sp³-hybridized carbons (Fsp3) is 0.167. The Bertz CT molecular complexity index is 806. The molecule has 0 bridgehead atoms. The number of benzene rings is 2. The van der Waals surface area contributed by atoms with Crippen molar-refractivity contribution in [2.45, 2.75) is 12.8 Å². The molecule has 0 aliphatic rings. The summed E-state index contributed by atoms with van der Waals surface area (Å²) in [5.74, 6) is -0.490. The van der Waals surface area contributed by atoms with E-state index in [1.807, 2.05) is 6.07 Å². The molecular weight excluding hydrogens is 336 g/mol. The van der Waals surface area contributed by atoms with E-state index in [0.29, 0.717) is 24.1 Å². The fourth-order valence-electron chi connectivity index (χ4n) is 2.10. The second kappa shape index (κ2) is 9.67. The van der Waals surface area contributed by atoms with Crippen LogP contribution in [0.4, 0.5) is 5.69 Å². The van der Waals surface area contributed by atoms with E-state index in [1.54, 1.807) is 30.3 Å². The first-order valence-electron chi connectivity index (χ1n) is 7.96. The van der Waals surface area contributed by atoms with E-state index >= 15 is 0 Å². The zero-order chi connectivity index (χ0) is 18.8. The SMILES string of the molecule is O=C(CCCNC(=O)c1ccccc1)N/N=C/c1cccc([N+](=O)[O-])c1. The molecule has 0 saturated heterocycles. The van der Waals surface area contributed by atoms with Crippen molar-refractivity contribution in [1.82, 2.24) is 10.7 Å². The van der Waals surface area contributed by atoms with Crippen LogP contribution in [-0.2, 0) is 4.79 Å². The summed E-state index contributed by atoms with van der Waals surface area (Å²) >= 11 is 0. The Hall–Kier alpha value is -3.55. The highest BCUT2D eigenvalue weighted by atomic mass is 16.6. The first-order chi connectivity index (χ1) is 12.6. The van der Waals surface area contributed by atoms with Gasteiger partial charge in [-0.15, -0.1) is 0 Å². The molecule has 0 atom stereocenters. The van der Waals surface area contributed by atoms with Crippen molar-refractivity contribution < 1.29 is 14.5 Å². The van der Waals surface area contributed by atoms with Crippen LogP contribution in [0.3, 0.4) is 0 Å². The highest BCUT2D eigenvalue weighted by Crippen LogP contribution is 2.11. The Kier molecular flexibility index (Phi) is 6.99. The Morgan fingerprint density at radius 3 is 2.62 bits per heavy atom. The van der Waals surface area contributed by atoms with Crippen LogP contribution in [0.15, 0.2) is 59.7 Å². The highest BCUT2D eigenvalue weighted by Gasteiger charge is 2.05. The molecule has 2 amide bonds. The van der Waals surface area contributed by atoms with E-state index in [4.69, 9.17) is 0 Å². The first kappa shape index (κ1) is 18.8. The number of non-ortho nitro benzene ring substituents is 1. The maximum atomic E-state index is 11.8. The Labute approximate surface area is 150 Å². The van der Waals surface area contributed by atoms with Gasteiger partial charge in [0.05, 0.1) is 11.1 Å². The maximum absolute atomic E-state index is 11.8. The molecule has 0 saturated carbocycles. The molecule has 0 fully saturated rings. The van der Waals surface area contributed by atoms with E-state index in [1.165, 1.54) is 24.4 Å². The summed E-state index contributed by atoms with van der Waals surface area (Å²) < 4.78 is 0. The lowest BCUT2D eigenvalue weighted by molar-refractivity contribution is -0.384. The normalized spacial score (nSPS) is 10.5. The molecule has 26 heavy (non-hydrogen) atoms. The topological polar surface area (TPSA) is 114 Å². The quantitative estimate of drug-likeness (QED) is 0.327. The van der Waals surface area contributed by atoms with Crippen molar-refractivity contribution in [3.05, 3.63) is 75.8 Å². The molecule has 0 aromatic heterocycles. The molecule has 2 aromatic rings. The van der Waals surface area contributed by atoms with Crippen LogP contribution in [0.1, 0.15) is 28.8 Å². The van der Waals surface area contributed by atoms with E-state index in [9.17, 15) is 19.7 Å². The van der Waals surface area contributed by atoms with Gasteiger partial charge in [0.1, 0.15) is 0 Å². The molecule has 2 aromatic carbocycles. The van der Waals surface area contributed by atoms with E-state index in [2.05, 4.69) is 15.8 Å². The largest absolute Gasteiger partial charge is 0.352 e. The van der Waals surface area contributed by atoms with E-state index < -0.39 is 4.92 Å². The van der Waals surface area contributed by atoms with Crippen LogP contribution in [0, 0.1) is 10.1 Å². The van der Waals surface area contributed by atoms with Gasteiger partial charge in [-0.25, -0.2) is 5.43 Å². The Morgan fingerprint density at radius 1 is 1.12 bits per heavy atom. The maximum Gasteiger partial charge on any atom is 0.270 e.